The fourth-order valence-electron chi connectivity index (χ4n) is 6.80. The van der Waals surface area contributed by atoms with Crippen LogP contribution in [0, 0.1) is 0 Å². The molecule has 3 aromatic carbocycles. The molecule has 0 bridgehead atoms. The number of carbonyl (C=O) groups is 2. The number of benzene rings is 3. The molecule has 0 unspecified atom stereocenters. The lowest BCUT2D eigenvalue weighted by Gasteiger charge is -2.37. The maximum absolute atomic E-state index is 13.1. The Kier molecular flexibility index (Phi) is 8.13. The lowest BCUT2D eigenvalue weighted by molar-refractivity contribution is -0.139. The summed E-state index contributed by atoms with van der Waals surface area (Å²) in [5.41, 5.74) is 2.62. The van der Waals surface area contributed by atoms with Crippen molar-refractivity contribution in [1.82, 2.24) is 10.6 Å². The third-order valence-electron chi connectivity index (χ3n) is 8.77. The Balaban J connectivity index is 1.22. The van der Waals surface area contributed by atoms with E-state index in [-0.39, 0.29) is 18.4 Å². The molecule has 0 heterocycles. The van der Waals surface area contributed by atoms with Crippen molar-refractivity contribution >= 4 is 22.6 Å². The van der Waals surface area contributed by atoms with Gasteiger partial charge < -0.3 is 15.7 Å². The number of amides is 1. The first kappa shape index (κ1) is 26.4. The first-order valence-electron chi connectivity index (χ1n) is 14.3. The molecule has 0 aromatic heterocycles. The van der Waals surface area contributed by atoms with Gasteiger partial charge in [-0.2, -0.15) is 0 Å². The second-order valence-corrected chi connectivity index (χ2v) is 11.5. The highest BCUT2D eigenvalue weighted by molar-refractivity contribution is 5.95. The average molecular weight is 513 g/mol. The molecular formula is C33H40N2O3. The Morgan fingerprint density at radius 1 is 0.921 bits per heavy atom. The smallest absolute Gasteiger partial charge is 0.305 e. The summed E-state index contributed by atoms with van der Waals surface area (Å²) in [6.07, 6.45) is 9.09. The molecule has 3 N–H and O–H groups in total. The Morgan fingerprint density at radius 2 is 1.66 bits per heavy atom. The zero-order valence-electron chi connectivity index (χ0n) is 22.4. The number of aliphatic carboxylic acids is 1. The van der Waals surface area contributed by atoms with E-state index >= 15 is 0 Å². The summed E-state index contributed by atoms with van der Waals surface area (Å²) in [5, 5.41) is 19.0. The van der Waals surface area contributed by atoms with Gasteiger partial charge in [-0.1, -0.05) is 80.3 Å². The van der Waals surface area contributed by atoms with Crippen molar-refractivity contribution in [3.8, 4) is 0 Å². The van der Waals surface area contributed by atoms with Gasteiger partial charge in [-0.05, 0) is 79.0 Å². The zero-order chi connectivity index (χ0) is 26.5. The predicted octanol–water partition coefficient (Wildman–Crippen LogP) is 7.12. The highest BCUT2D eigenvalue weighted by Gasteiger charge is 2.36. The number of fused-ring (bicyclic) bond motifs is 1. The average Bonchev–Trinajstić information content (AvgIpc) is 2.93. The normalized spacial score (nSPS) is 22.0. The van der Waals surface area contributed by atoms with Crippen molar-refractivity contribution in [3.63, 3.8) is 0 Å². The molecule has 0 radical (unpaired) electrons. The summed E-state index contributed by atoms with van der Waals surface area (Å²) >= 11 is 0. The number of carboxylic acids is 1. The van der Waals surface area contributed by atoms with Crippen LogP contribution in [0.25, 0.3) is 10.8 Å². The van der Waals surface area contributed by atoms with Crippen LogP contribution in [-0.4, -0.2) is 28.6 Å². The van der Waals surface area contributed by atoms with Crippen molar-refractivity contribution in [1.29, 1.82) is 0 Å². The van der Waals surface area contributed by atoms with Gasteiger partial charge in [-0.15, -0.1) is 0 Å². The molecule has 200 valence electrons. The quantitative estimate of drug-likeness (QED) is 0.300. The van der Waals surface area contributed by atoms with Crippen molar-refractivity contribution in [3.05, 3.63) is 83.4 Å². The number of hydrogen-bond donors (Lipinski definition) is 3. The van der Waals surface area contributed by atoms with E-state index in [1.165, 1.54) is 34.7 Å². The van der Waals surface area contributed by atoms with Gasteiger partial charge in [0.05, 0.1) is 12.0 Å². The minimum absolute atomic E-state index is 0.00944. The van der Waals surface area contributed by atoms with Gasteiger partial charge in [0.2, 0.25) is 0 Å². The van der Waals surface area contributed by atoms with Crippen molar-refractivity contribution in [2.75, 3.05) is 0 Å². The second kappa shape index (κ2) is 11.7. The summed E-state index contributed by atoms with van der Waals surface area (Å²) in [5.74, 6) is -0.542. The van der Waals surface area contributed by atoms with Crippen molar-refractivity contribution in [2.45, 2.75) is 94.7 Å². The van der Waals surface area contributed by atoms with Crippen LogP contribution in [0.15, 0.2) is 66.7 Å². The van der Waals surface area contributed by atoms with Crippen molar-refractivity contribution < 1.29 is 14.7 Å². The highest BCUT2D eigenvalue weighted by atomic mass is 16.4. The zero-order valence-corrected chi connectivity index (χ0v) is 22.4. The second-order valence-electron chi connectivity index (χ2n) is 11.5. The molecule has 2 aliphatic rings. The molecule has 1 amide bonds. The maximum Gasteiger partial charge on any atom is 0.305 e. The van der Waals surface area contributed by atoms with E-state index in [4.69, 9.17) is 0 Å². The van der Waals surface area contributed by atoms with Crippen LogP contribution in [0.4, 0.5) is 0 Å². The minimum atomic E-state index is -0.849. The standard InChI is InChI=1S/C33H40N2O3/c1-23(29-14-8-10-25-9-3-4-13-30(25)29)34-28-12-7-11-27(21-28)24-15-17-26(18-16-24)32(38)35-33(22-31(36)37)19-5-2-6-20-33/h3-4,8-10,13-18,23,27-28,34H,2,5-7,11-12,19-22H2,1H3,(H,35,38)(H,36,37)/t23-,27+,28+/m1/s1. The number of carboxylic acid groups (broad SMARTS) is 1. The molecule has 2 fully saturated rings. The van der Waals surface area contributed by atoms with Crippen LogP contribution in [0.2, 0.25) is 0 Å². The fourth-order valence-corrected chi connectivity index (χ4v) is 6.80. The van der Waals surface area contributed by atoms with Gasteiger partial charge in [-0.25, -0.2) is 0 Å². The molecule has 38 heavy (non-hydrogen) atoms. The van der Waals surface area contributed by atoms with E-state index in [1.807, 2.05) is 12.1 Å². The lowest BCUT2D eigenvalue weighted by Crippen LogP contribution is -2.51. The third-order valence-corrected chi connectivity index (χ3v) is 8.77. The van der Waals surface area contributed by atoms with Crippen molar-refractivity contribution in [2.24, 2.45) is 0 Å². The Labute approximate surface area is 226 Å². The topological polar surface area (TPSA) is 78.4 Å². The van der Waals surface area contributed by atoms with Crippen LogP contribution < -0.4 is 10.6 Å². The highest BCUT2D eigenvalue weighted by Crippen LogP contribution is 2.35. The molecule has 0 saturated heterocycles. The first-order chi connectivity index (χ1) is 18.4. The summed E-state index contributed by atoms with van der Waals surface area (Å²) in [4.78, 5) is 24.6. The lowest BCUT2D eigenvalue weighted by atomic mass is 9.79. The van der Waals surface area contributed by atoms with E-state index < -0.39 is 11.5 Å². The largest absolute Gasteiger partial charge is 0.481 e. The van der Waals surface area contributed by atoms with E-state index in [1.54, 1.807) is 0 Å². The molecule has 5 heteroatoms. The summed E-state index contributed by atoms with van der Waals surface area (Å²) in [6.45, 7) is 2.27. The number of rotatable bonds is 8. The summed E-state index contributed by atoms with van der Waals surface area (Å²) in [7, 11) is 0. The van der Waals surface area contributed by atoms with Crippen LogP contribution in [0.3, 0.4) is 0 Å². The minimum Gasteiger partial charge on any atom is -0.481 e. The van der Waals surface area contributed by atoms with E-state index in [0.29, 0.717) is 17.5 Å². The molecule has 3 atom stereocenters. The number of nitrogens with one attached hydrogen (secondary N) is 2. The Bertz CT molecular complexity index is 1260. The molecule has 5 rings (SSSR count). The maximum atomic E-state index is 13.1. The molecule has 3 aromatic rings. The summed E-state index contributed by atoms with van der Waals surface area (Å²) in [6, 6.07) is 23.9. The summed E-state index contributed by atoms with van der Waals surface area (Å²) < 4.78 is 0. The molecule has 0 aliphatic heterocycles. The van der Waals surface area contributed by atoms with Gasteiger partial charge in [-0.3, -0.25) is 9.59 Å². The third kappa shape index (κ3) is 6.10. The Hall–Kier alpha value is -3.18. The van der Waals surface area contributed by atoms with Gasteiger partial charge in [0.1, 0.15) is 0 Å². The van der Waals surface area contributed by atoms with Crippen LogP contribution >= 0.6 is 0 Å². The van der Waals surface area contributed by atoms with E-state index in [0.717, 1.165) is 44.9 Å². The van der Waals surface area contributed by atoms with Gasteiger partial charge in [0, 0.05) is 17.6 Å². The predicted molar refractivity (Wildman–Crippen MR) is 152 cm³/mol. The molecule has 2 aliphatic carbocycles. The van der Waals surface area contributed by atoms with Crippen LogP contribution in [-0.2, 0) is 4.79 Å². The molecule has 5 nitrogen and oxygen atoms in total. The number of hydrogen-bond acceptors (Lipinski definition) is 3. The Morgan fingerprint density at radius 3 is 2.42 bits per heavy atom. The SMILES string of the molecule is C[C@@H](N[C@H]1CCC[C@H](c2ccc(C(=O)NC3(CC(=O)O)CCCCC3)cc2)C1)c1cccc2ccccc12. The monoisotopic (exact) mass is 512 g/mol. The molecular weight excluding hydrogens is 472 g/mol. The van der Waals surface area contributed by atoms with E-state index in [2.05, 4.69) is 72.2 Å². The molecule has 2 saturated carbocycles. The first-order valence-corrected chi connectivity index (χ1v) is 14.3. The van der Waals surface area contributed by atoms with Crippen LogP contribution in [0.5, 0.6) is 0 Å². The fraction of sp³-hybridized carbons (Fsp3) is 0.455. The molecule has 0 spiro atoms. The van der Waals surface area contributed by atoms with Gasteiger partial charge in [0.25, 0.3) is 5.91 Å². The van der Waals surface area contributed by atoms with Gasteiger partial charge >= 0.3 is 5.97 Å². The number of carbonyl (C=O) groups excluding carboxylic acids is 1. The van der Waals surface area contributed by atoms with Crippen LogP contribution in [0.1, 0.15) is 105 Å². The van der Waals surface area contributed by atoms with E-state index in [9.17, 15) is 14.7 Å². The van der Waals surface area contributed by atoms with Gasteiger partial charge in [0.15, 0.2) is 0 Å².